The van der Waals surface area contributed by atoms with Crippen molar-refractivity contribution in [3.8, 4) is 0 Å². The first kappa shape index (κ1) is 20.0. The lowest BCUT2D eigenvalue weighted by molar-refractivity contribution is -0.118. The van der Waals surface area contributed by atoms with E-state index in [9.17, 15) is 19.2 Å². The summed E-state index contributed by atoms with van der Waals surface area (Å²) in [5.41, 5.74) is 0.493. The topological polar surface area (TPSA) is 105 Å². The largest absolute Gasteiger partial charge is 0.453 e. The Hall–Kier alpha value is -3.74. The molecule has 1 heterocycles. The number of amides is 1. The summed E-state index contributed by atoms with van der Waals surface area (Å²) in [6.07, 6.45) is 0. The Morgan fingerprint density at radius 3 is 2.41 bits per heavy atom. The van der Waals surface area contributed by atoms with E-state index in [0.29, 0.717) is 22.0 Å². The fourth-order valence-electron chi connectivity index (χ4n) is 2.64. The second-order valence-corrected chi connectivity index (χ2v) is 6.82. The van der Waals surface area contributed by atoms with Crippen LogP contribution in [-0.2, 0) is 9.53 Å². The Bertz CT molecular complexity index is 1130. The number of hydrogen-bond acceptors (Lipinski definition) is 5. The van der Waals surface area contributed by atoms with E-state index in [1.807, 2.05) is 0 Å². The molecule has 29 heavy (non-hydrogen) atoms. The van der Waals surface area contributed by atoms with Crippen LogP contribution in [0.25, 0.3) is 10.8 Å². The van der Waals surface area contributed by atoms with Crippen molar-refractivity contribution in [3.63, 3.8) is 0 Å². The number of anilines is 1. The number of ether oxygens (including phenoxy) is 1. The number of fused-ring (bicyclic) bond motifs is 1. The number of esters is 1. The molecule has 0 aliphatic heterocycles. The molecule has 0 bridgehead atoms. The molecular formula is C22H20N2O5. The molecule has 0 aliphatic carbocycles. The molecule has 0 aliphatic rings. The van der Waals surface area contributed by atoms with Gasteiger partial charge in [-0.3, -0.25) is 14.4 Å². The van der Waals surface area contributed by atoms with Crippen LogP contribution in [0.15, 0.2) is 59.4 Å². The summed E-state index contributed by atoms with van der Waals surface area (Å²) >= 11 is 0. The molecule has 0 saturated carbocycles. The summed E-state index contributed by atoms with van der Waals surface area (Å²) in [5, 5.41) is 3.80. The lowest BCUT2D eigenvalue weighted by Gasteiger charge is -2.08. The molecule has 0 unspecified atom stereocenters. The van der Waals surface area contributed by atoms with Crippen LogP contribution in [0.2, 0.25) is 0 Å². The highest BCUT2D eigenvalue weighted by molar-refractivity contribution is 6.00. The fourth-order valence-corrected chi connectivity index (χ4v) is 2.64. The van der Waals surface area contributed by atoms with Crippen LogP contribution in [-0.4, -0.2) is 29.3 Å². The molecule has 0 atom stereocenters. The van der Waals surface area contributed by atoms with Crippen LogP contribution in [0, 0.1) is 5.92 Å². The van der Waals surface area contributed by atoms with Gasteiger partial charge >= 0.3 is 5.97 Å². The van der Waals surface area contributed by atoms with E-state index < -0.39 is 23.9 Å². The predicted octanol–water partition coefficient (Wildman–Crippen LogP) is 3.16. The molecule has 148 valence electrons. The molecule has 0 saturated heterocycles. The van der Waals surface area contributed by atoms with E-state index in [-0.39, 0.29) is 17.5 Å². The Labute approximate surface area is 166 Å². The van der Waals surface area contributed by atoms with Crippen molar-refractivity contribution in [2.24, 2.45) is 5.92 Å². The van der Waals surface area contributed by atoms with E-state index >= 15 is 0 Å². The van der Waals surface area contributed by atoms with Crippen LogP contribution in [0.1, 0.15) is 34.7 Å². The third-order valence-electron chi connectivity index (χ3n) is 4.31. The molecule has 2 N–H and O–H groups in total. The molecule has 0 fully saturated rings. The zero-order valence-electron chi connectivity index (χ0n) is 16.0. The lowest BCUT2D eigenvalue weighted by atomic mass is 10.1. The molecular weight excluding hydrogens is 372 g/mol. The smallest absolute Gasteiger partial charge is 0.355 e. The van der Waals surface area contributed by atoms with E-state index in [2.05, 4.69) is 10.3 Å². The highest BCUT2D eigenvalue weighted by Crippen LogP contribution is 2.13. The maximum Gasteiger partial charge on any atom is 0.355 e. The monoisotopic (exact) mass is 392 g/mol. The van der Waals surface area contributed by atoms with Gasteiger partial charge in [-0.05, 0) is 41.8 Å². The first-order chi connectivity index (χ1) is 13.8. The van der Waals surface area contributed by atoms with E-state index in [1.54, 1.807) is 62.4 Å². The number of aromatic amines is 1. The van der Waals surface area contributed by atoms with Gasteiger partial charge in [0.05, 0.1) is 0 Å². The molecule has 2 aromatic carbocycles. The molecule has 1 amide bonds. The molecule has 1 aromatic heterocycles. The van der Waals surface area contributed by atoms with Gasteiger partial charge in [-0.15, -0.1) is 0 Å². The number of carbonyl (C=O) groups excluding carboxylic acids is 3. The number of hydrogen-bond donors (Lipinski definition) is 2. The summed E-state index contributed by atoms with van der Waals surface area (Å²) in [7, 11) is 0. The van der Waals surface area contributed by atoms with Crippen molar-refractivity contribution in [1.82, 2.24) is 4.98 Å². The summed E-state index contributed by atoms with van der Waals surface area (Å²) in [6.45, 7) is 3.10. The number of aromatic nitrogens is 1. The van der Waals surface area contributed by atoms with Crippen molar-refractivity contribution in [3.05, 3.63) is 76.2 Å². The number of Topliss-reactive ketones (excluding diaryl/α,β-unsaturated/α-hetero) is 1. The second kappa shape index (κ2) is 8.52. The molecule has 0 radical (unpaired) electrons. The van der Waals surface area contributed by atoms with Crippen molar-refractivity contribution < 1.29 is 19.1 Å². The maximum absolute atomic E-state index is 12.3. The number of ketones is 1. The van der Waals surface area contributed by atoms with E-state index in [0.717, 1.165) is 0 Å². The number of rotatable bonds is 6. The minimum atomic E-state index is -0.790. The van der Waals surface area contributed by atoms with Crippen molar-refractivity contribution >= 4 is 34.1 Å². The zero-order chi connectivity index (χ0) is 21.0. The molecule has 7 heteroatoms. The first-order valence-corrected chi connectivity index (χ1v) is 9.08. The molecule has 3 rings (SSSR count). The number of benzene rings is 2. The van der Waals surface area contributed by atoms with Gasteiger partial charge in [0, 0.05) is 22.6 Å². The summed E-state index contributed by atoms with van der Waals surface area (Å²) in [6, 6.07) is 14.7. The Balaban J connectivity index is 1.64. The van der Waals surface area contributed by atoms with Gasteiger partial charge in [0.25, 0.3) is 5.56 Å². The van der Waals surface area contributed by atoms with Gasteiger partial charge in [-0.2, -0.15) is 0 Å². The fraction of sp³-hybridized carbons (Fsp3) is 0.182. The Morgan fingerprint density at radius 1 is 1.03 bits per heavy atom. The number of nitrogens with one attached hydrogen (secondary N) is 2. The summed E-state index contributed by atoms with van der Waals surface area (Å²) < 4.78 is 5.05. The second-order valence-electron chi connectivity index (χ2n) is 6.82. The Kier molecular flexibility index (Phi) is 5.87. The SMILES string of the molecule is CC(C)C(=O)Nc1ccc(C(=O)COC(=O)c2cc3ccccc3c(=O)[nH]2)cc1. The van der Waals surface area contributed by atoms with Crippen molar-refractivity contribution in [2.45, 2.75) is 13.8 Å². The van der Waals surface area contributed by atoms with Crippen LogP contribution in [0.3, 0.4) is 0 Å². The van der Waals surface area contributed by atoms with Gasteiger partial charge < -0.3 is 15.0 Å². The summed E-state index contributed by atoms with van der Waals surface area (Å²) in [4.78, 5) is 50.7. The number of carbonyl (C=O) groups is 3. The van der Waals surface area contributed by atoms with Gasteiger partial charge in [-0.1, -0.05) is 32.0 Å². The van der Waals surface area contributed by atoms with Gasteiger partial charge in [0.2, 0.25) is 5.91 Å². The van der Waals surface area contributed by atoms with Crippen LogP contribution in [0.4, 0.5) is 5.69 Å². The van der Waals surface area contributed by atoms with Gasteiger partial charge in [0.15, 0.2) is 12.4 Å². The average Bonchev–Trinajstić information content (AvgIpc) is 2.72. The standard InChI is InChI=1S/C22H20N2O5/c1-13(2)20(26)23-16-9-7-14(8-10-16)19(25)12-29-22(28)18-11-15-5-3-4-6-17(15)21(27)24-18/h3-11,13H,12H2,1-2H3,(H,23,26)(H,24,27). The van der Waals surface area contributed by atoms with Crippen LogP contribution in [0.5, 0.6) is 0 Å². The van der Waals surface area contributed by atoms with Gasteiger partial charge in [-0.25, -0.2) is 4.79 Å². The highest BCUT2D eigenvalue weighted by Gasteiger charge is 2.14. The molecule has 3 aromatic rings. The number of H-pyrrole nitrogens is 1. The maximum atomic E-state index is 12.3. The Morgan fingerprint density at radius 2 is 1.72 bits per heavy atom. The zero-order valence-corrected chi connectivity index (χ0v) is 16.0. The van der Waals surface area contributed by atoms with E-state index in [4.69, 9.17) is 4.74 Å². The molecule has 7 nitrogen and oxygen atoms in total. The first-order valence-electron chi connectivity index (χ1n) is 9.08. The van der Waals surface area contributed by atoms with E-state index in [1.165, 1.54) is 6.07 Å². The number of pyridine rings is 1. The molecule has 0 spiro atoms. The lowest BCUT2D eigenvalue weighted by Crippen LogP contribution is -2.19. The van der Waals surface area contributed by atoms with Crippen LogP contribution < -0.4 is 10.9 Å². The van der Waals surface area contributed by atoms with Gasteiger partial charge in [0.1, 0.15) is 5.69 Å². The highest BCUT2D eigenvalue weighted by atomic mass is 16.5. The third kappa shape index (κ3) is 4.76. The minimum Gasteiger partial charge on any atom is -0.453 e. The predicted molar refractivity (Wildman–Crippen MR) is 109 cm³/mol. The quantitative estimate of drug-likeness (QED) is 0.495. The van der Waals surface area contributed by atoms with Crippen molar-refractivity contribution in [2.75, 3.05) is 11.9 Å². The normalized spacial score (nSPS) is 10.7. The van der Waals surface area contributed by atoms with Crippen LogP contribution >= 0.6 is 0 Å². The minimum absolute atomic E-state index is 0.0201. The summed E-state index contributed by atoms with van der Waals surface area (Å²) in [5.74, 6) is -1.47. The average molecular weight is 392 g/mol. The van der Waals surface area contributed by atoms with Crippen molar-refractivity contribution in [1.29, 1.82) is 0 Å². The third-order valence-corrected chi connectivity index (χ3v) is 4.31.